The van der Waals surface area contributed by atoms with Crippen LogP contribution in [0.3, 0.4) is 0 Å². The molecule has 4 aliphatic rings. The number of rotatable bonds is 43. The number of ketones is 2. The van der Waals surface area contributed by atoms with Crippen LogP contribution < -0.4 is 44.0 Å². The van der Waals surface area contributed by atoms with Crippen molar-refractivity contribution in [3.05, 3.63) is 149 Å². The van der Waals surface area contributed by atoms with Crippen molar-refractivity contribution >= 4 is 51.8 Å². The van der Waals surface area contributed by atoms with E-state index in [0.717, 1.165) is 145 Å². The van der Waals surface area contributed by atoms with Gasteiger partial charge in [-0.1, -0.05) is 105 Å². The number of nitrogens with one attached hydrogen (secondary N) is 2. The van der Waals surface area contributed by atoms with Gasteiger partial charge in [-0.2, -0.15) is 0 Å². The van der Waals surface area contributed by atoms with Gasteiger partial charge in [0.2, 0.25) is 17.7 Å². The molecule has 1 saturated heterocycles. The normalized spacial score (nSPS) is 16.6. The number of likely N-dealkylation sites (tertiary alicyclic amines) is 1. The average Bonchev–Trinajstić information content (AvgIpc) is 0.953. The Hall–Kier alpha value is -8.05. The third-order valence-corrected chi connectivity index (χ3v) is 18.7. The fraction of sp³-hybridized carbons (Fsp3) is 0.556. The Kier molecular flexibility index (Phi) is 28.1. The van der Waals surface area contributed by atoms with E-state index < -0.39 is 41.4 Å². The molecule has 3 aliphatic carbocycles. The molecule has 0 unspecified atom stereocenters. The number of hydrogen-bond donors (Lipinski definition) is 5. The summed E-state index contributed by atoms with van der Waals surface area (Å²) in [5.74, 6) is -1.65. The number of carbonyl (C=O) groups excluding carboxylic acids is 6. The number of fused-ring (bicyclic) bond motifs is 1. The number of nitrogens with two attached hydrogens (primary N) is 3. The summed E-state index contributed by atoms with van der Waals surface area (Å²) in [6, 6.07) is 21.7. The summed E-state index contributed by atoms with van der Waals surface area (Å²) in [4.78, 5) is 113. The van der Waals surface area contributed by atoms with Crippen LogP contribution in [0, 0.1) is 0 Å². The van der Waals surface area contributed by atoms with Gasteiger partial charge in [0, 0.05) is 100 Å². The molecular weight excluding hydrogens is 1210 g/mol. The van der Waals surface area contributed by atoms with E-state index in [1.165, 1.54) is 35.0 Å². The summed E-state index contributed by atoms with van der Waals surface area (Å²) < 4.78 is 23.3. The van der Waals surface area contributed by atoms with E-state index in [0.29, 0.717) is 51.0 Å². The van der Waals surface area contributed by atoms with Crippen molar-refractivity contribution in [3.8, 4) is 5.75 Å². The lowest BCUT2D eigenvalue weighted by Gasteiger charge is -2.51. The van der Waals surface area contributed by atoms with Gasteiger partial charge in [0.25, 0.3) is 5.91 Å². The number of hydrogen-bond acceptors (Lipinski definition) is 16. The van der Waals surface area contributed by atoms with Crippen LogP contribution in [0.25, 0.3) is 21.3 Å². The fourth-order valence-electron chi connectivity index (χ4n) is 13.7. The van der Waals surface area contributed by atoms with Crippen molar-refractivity contribution in [2.75, 3.05) is 84.7 Å². The van der Waals surface area contributed by atoms with Crippen LogP contribution in [0.4, 0.5) is 5.69 Å². The number of aromatic nitrogens is 1. The predicted octanol–water partition coefficient (Wildman–Crippen LogP) is 8.44. The summed E-state index contributed by atoms with van der Waals surface area (Å²) in [5.41, 5.74) is 33.7. The van der Waals surface area contributed by atoms with Crippen molar-refractivity contribution in [3.63, 3.8) is 0 Å². The SMILES string of the molecule is CN(CCOCCOCCNC(=O)CCC12c3cc(CC(=O)CCCCCCCN)ccc3C(c3ccc(CC(=O)CCCCCCCN)cc31)c1ccc(NC(=O)CCCCCCCN)cc12)C(=O)[C@@H]1C[C@H](N=[N+]=[N-])CN1C(=O)COc1ccc2c(=O)oc(=O)n(C)c2c1. The molecule has 0 spiro atoms. The summed E-state index contributed by atoms with van der Waals surface area (Å²) >= 11 is 0. The number of likely N-dealkylation sites (N-methyl/N-ethyl adjacent to an activating group) is 1. The molecule has 4 aromatic carbocycles. The standard InChI is InChI=1S/C72H97N11O12/c1-81(69(89)64-45-52(79-80-76)47-83(64)67(88)48-94-55-24-28-59-63(46-55)82(2)71(91)95-70(59)90)35-37-93-39-38-92-36-34-77-65(86)29-30-72-60-42-49(40-53(84)18-12-6-3-9-15-31-73)21-25-56(60)68(57-26-22-50(43-61(57)72)41-54(85)19-13-7-4-10-16-32-74)58-27-23-51(44-62(58)72)78-66(87)20-14-8-5-11-17-33-75/h21-28,42-44,46,52,64,68H,3-20,29-41,45,47-48,73-75H2,1-2H3,(H,77,86)(H,78,87)/t52-,64-,68?,72?/m0/s1. The van der Waals surface area contributed by atoms with E-state index in [9.17, 15) is 43.9 Å². The molecule has 2 atom stereocenters. The maximum absolute atomic E-state index is 14.3. The number of amides is 4. The third-order valence-electron chi connectivity index (χ3n) is 18.7. The Balaban J connectivity index is 0.906. The quantitative estimate of drug-likeness (QED) is 0.0106. The van der Waals surface area contributed by atoms with Crippen molar-refractivity contribution in [1.82, 2.24) is 19.7 Å². The smallest absolute Gasteiger partial charge is 0.422 e. The van der Waals surface area contributed by atoms with Gasteiger partial charge in [-0.3, -0.25) is 33.3 Å². The molecular formula is C72H97N11O12. The van der Waals surface area contributed by atoms with Crippen LogP contribution in [0.2, 0.25) is 0 Å². The number of unbranched alkanes of at least 4 members (excludes halogenated alkanes) is 12. The number of carbonyl (C=O) groups is 6. The van der Waals surface area contributed by atoms with E-state index in [-0.39, 0.29) is 124 Å². The van der Waals surface area contributed by atoms with Gasteiger partial charge in [0.1, 0.15) is 23.4 Å². The van der Waals surface area contributed by atoms with Crippen LogP contribution in [0.5, 0.6) is 5.75 Å². The Bertz CT molecular complexity index is 3440. The van der Waals surface area contributed by atoms with Gasteiger partial charge < -0.3 is 56.3 Å². The van der Waals surface area contributed by atoms with Crippen LogP contribution >= 0.6 is 0 Å². The highest BCUT2D eigenvalue weighted by atomic mass is 16.5. The molecule has 1 aliphatic heterocycles. The maximum atomic E-state index is 14.3. The van der Waals surface area contributed by atoms with E-state index in [4.69, 9.17) is 35.8 Å². The maximum Gasteiger partial charge on any atom is 0.422 e. The third kappa shape index (κ3) is 19.6. The molecule has 0 radical (unpaired) electrons. The summed E-state index contributed by atoms with van der Waals surface area (Å²) in [6.45, 7) is 2.66. The van der Waals surface area contributed by atoms with Crippen molar-refractivity contribution in [1.29, 1.82) is 0 Å². The lowest BCUT2D eigenvalue weighted by atomic mass is 9.51. The minimum Gasteiger partial charge on any atom is -0.484 e. The first-order chi connectivity index (χ1) is 46.1. The van der Waals surface area contributed by atoms with Crippen LogP contribution in [0.1, 0.15) is 185 Å². The molecule has 23 heteroatoms. The van der Waals surface area contributed by atoms with E-state index in [1.54, 1.807) is 7.05 Å². The molecule has 8 N–H and O–H groups in total. The van der Waals surface area contributed by atoms with Gasteiger partial charge in [-0.15, -0.1) is 0 Å². The molecule has 512 valence electrons. The molecule has 5 aromatic rings. The number of aryl methyl sites for hydroxylation is 1. The molecule has 2 heterocycles. The molecule has 95 heavy (non-hydrogen) atoms. The largest absolute Gasteiger partial charge is 0.484 e. The number of Topliss-reactive ketones (excluding diaryl/α,β-unsaturated/α-hetero) is 2. The van der Waals surface area contributed by atoms with E-state index in [1.807, 2.05) is 6.07 Å². The summed E-state index contributed by atoms with van der Waals surface area (Å²) in [5, 5.41) is 10.2. The minimum atomic E-state index is -0.936. The van der Waals surface area contributed by atoms with Gasteiger partial charge in [0.15, 0.2) is 6.61 Å². The zero-order chi connectivity index (χ0) is 67.7. The predicted molar refractivity (Wildman–Crippen MR) is 364 cm³/mol. The number of benzene rings is 4. The minimum absolute atomic E-state index is 0.00130. The van der Waals surface area contributed by atoms with E-state index >= 15 is 0 Å². The van der Waals surface area contributed by atoms with Crippen LogP contribution in [0.15, 0.2) is 91.9 Å². The molecule has 2 bridgehead atoms. The topological polar surface area (TPSA) is 340 Å². The second-order valence-corrected chi connectivity index (χ2v) is 25.6. The zero-order valence-electron chi connectivity index (χ0n) is 55.5. The molecule has 4 amide bonds. The fourth-order valence-corrected chi connectivity index (χ4v) is 13.7. The Morgan fingerprint density at radius 1 is 0.674 bits per heavy atom. The van der Waals surface area contributed by atoms with Crippen molar-refractivity contribution in [2.24, 2.45) is 29.4 Å². The van der Waals surface area contributed by atoms with Crippen LogP contribution in [-0.4, -0.2) is 141 Å². The van der Waals surface area contributed by atoms with Crippen molar-refractivity contribution < 1.29 is 47.4 Å². The lowest BCUT2D eigenvalue weighted by molar-refractivity contribution is -0.144. The summed E-state index contributed by atoms with van der Waals surface area (Å²) in [6.07, 6.45) is 16.9. The number of azide groups is 1. The van der Waals surface area contributed by atoms with Gasteiger partial charge in [-0.05, 0) is 145 Å². The molecule has 1 fully saturated rings. The highest BCUT2D eigenvalue weighted by Crippen LogP contribution is 2.61. The number of nitrogens with zero attached hydrogens (tertiary/aromatic N) is 6. The number of ether oxygens (including phenoxy) is 3. The molecule has 9 rings (SSSR count). The first-order valence-electron chi connectivity index (χ1n) is 34.2. The average molecular weight is 1310 g/mol. The van der Waals surface area contributed by atoms with Gasteiger partial charge in [-0.25, -0.2) is 9.59 Å². The molecule has 1 aromatic heterocycles. The zero-order valence-corrected chi connectivity index (χ0v) is 55.5. The Morgan fingerprint density at radius 2 is 1.23 bits per heavy atom. The Morgan fingerprint density at radius 3 is 1.83 bits per heavy atom. The Labute approximate surface area is 556 Å². The van der Waals surface area contributed by atoms with Gasteiger partial charge in [0.05, 0.1) is 43.4 Å². The molecule has 0 saturated carbocycles. The highest BCUT2D eigenvalue weighted by molar-refractivity contribution is 5.92. The monoisotopic (exact) mass is 1310 g/mol. The van der Waals surface area contributed by atoms with Crippen LogP contribution in [-0.2, 0) is 63.5 Å². The molecule has 23 nitrogen and oxygen atoms in total. The first-order valence-corrected chi connectivity index (χ1v) is 34.2. The van der Waals surface area contributed by atoms with E-state index in [2.05, 4.69) is 69.2 Å². The number of anilines is 1. The van der Waals surface area contributed by atoms with Crippen molar-refractivity contribution in [2.45, 2.75) is 171 Å². The highest BCUT2D eigenvalue weighted by Gasteiger charge is 2.52. The second-order valence-electron chi connectivity index (χ2n) is 25.6. The lowest BCUT2D eigenvalue weighted by Crippen LogP contribution is -2.48. The second kappa shape index (κ2) is 36.7. The first kappa shape index (κ1) is 72.8. The summed E-state index contributed by atoms with van der Waals surface area (Å²) in [7, 11) is 3.03. The van der Waals surface area contributed by atoms with Gasteiger partial charge >= 0.3 is 11.4 Å².